The van der Waals surface area contributed by atoms with Gasteiger partial charge in [0.25, 0.3) is 11.8 Å². The number of anilines is 1. The number of nitrogens with one attached hydrogen (secondary N) is 1. The van der Waals surface area contributed by atoms with Crippen molar-refractivity contribution in [2.75, 3.05) is 4.90 Å². The van der Waals surface area contributed by atoms with Crippen molar-refractivity contribution in [1.29, 1.82) is 0 Å². The molecule has 1 fully saturated rings. The Morgan fingerprint density at radius 3 is 2.37 bits per heavy atom. The fourth-order valence-corrected chi connectivity index (χ4v) is 4.24. The summed E-state index contributed by atoms with van der Waals surface area (Å²) in [6.45, 7) is 3.96. The summed E-state index contributed by atoms with van der Waals surface area (Å²) in [6.07, 6.45) is 1.63. The van der Waals surface area contributed by atoms with Crippen molar-refractivity contribution in [3.63, 3.8) is 0 Å². The number of carbonyl (C=O) groups excluding carboxylic acids is 2. The topological polar surface area (TPSA) is 54.3 Å². The van der Waals surface area contributed by atoms with Crippen LogP contribution in [0.2, 0.25) is 0 Å². The number of hydrogen-bond acceptors (Lipinski definition) is 3. The van der Waals surface area contributed by atoms with Crippen LogP contribution < -0.4 is 10.2 Å². The number of carbonyl (C=O) groups is 2. The molecule has 1 aromatic heterocycles. The molecule has 5 nitrogen and oxygen atoms in total. The second-order valence-corrected chi connectivity index (χ2v) is 8.24. The zero-order chi connectivity index (χ0) is 21.4. The summed E-state index contributed by atoms with van der Waals surface area (Å²) < 4.78 is 2.90. The van der Waals surface area contributed by atoms with Gasteiger partial charge in [-0.15, -0.1) is 0 Å². The van der Waals surface area contributed by atoms with Crippen molar-refractivity contribution in [2.24, 2.45) is 0 Å². The molecule has 1 aliphatic heterocycles. The first-order chi connectivity index (χ1) is 14.4. The van der Waals surface area contributed by atoms with Crippen LogP contribution in [0.15, 0.2) is 70.7 Å². The van der Waals surface area contributed by atoms with Gasteiger partial charge >= 0.3 is 0 Å². The first-order valence-electron chi connectivity index (χ1n) is 9.28. The molecule has 0 atom stereocenters. The smallest absolute Gasteiger partial charge is 0.270 e. The zero-order valence-electron chi connectivity index (χ0n) is 16.3. The number of thiocarbonyl (C=S) groups is 1. The molecule has 2 heterocycles. The van der Waals surface area contributed by atoms with Crippen molar-refractivity contribution in [1.82, 2.24) is 9.88 Å². The summed E-state index contributed by atoms with van der Waals surface area (Å²) >= 11 is 8.67. The van der Waals surface area contributed by atoms with Gasteiger partial charge < -0.3 is 4.57 Å². The predicted molar refractivity (Wildman–Crippen MR) is 126 cm³/mol. The molecular weight excluding hydrogens is 462 g/mol. The van der Waals surface area contributed by atoms with Crippen LogP contribution >= 0.6 is 28.1 Å². The average Bonchev–Trinajstić information content (AvgIpc) is 2.99. The van der Waals surface area contributed by atoms with E-state index in [1.54, 1.807) is 18.2 Å². The first-order valence-corrected chi connectivity index (χ1v) is 10.5. The average molecular weight is 480 g/mol. The minimum atomic E-state index is -0.499. The summed E-state index contributed by atoms with van der Waals surface area (Å²) in [5.41, 5.74) is 4.39. The third-order valence-electron chi connectivity index (χ3n) is 4.95. The van der Waals surface area contributed by atoms with E-state index in [0.717, 1.165) is 27.1 Å². The van der Waals surface area contributed by atoms with E-state index < -0.39 is 11.8 Å². The summed E-state index contributed by atoms with van der Waals surface area (Å²) in [5, 5.41) is 2.69. The highest BCUT2D eigenvalue weighted by atomic mass is 79.9. The number of hydrogen-bond donors (Lipinski definition) is 1. The van der Waals surface area contributed by atoms with Gasteiger partial charge in [-0.05, 0) is 74.1 Å². The second kappa shape index (κ2) is 8.01. The maximum absolute atomic E-state index is 13.2. The van der Waals surface area contributed by atoms with Crippen molar-refractivity contribution >= 4 is 56.8 Å². The van der Waals surface area contributed by atoms with Crippen molar-refractivity contribution in [3.8, 4) is 5.69 Å². The van der Waals surface area contributed by atoms with Gasteiger partial charge in [0.1, 0.15) is 5.57 Å². The summed E-state index contributed by atoms with van der Waals surface area (Å²) in [6, 6.07) is 19.1. The zero-order valence-corrected chi connectivity index (χ0v) is 18.8. The molecule has 1 saturated heterocycles. The highest BCUT2D eigenvalue weighted by molar-refractivity contribution is 9.10. The first kappa shape index (κ1) is 20.3. The van der Waals surface area contributed by atoms with E-state index in [1.807, 2.05) is 62.4 Å². The number of rotatable bonds is 3. The number of halogens is 1. The molecule has 1 N–H and O–H groups in total. The van der Waals surface area contributed by atoms with Crippen LogP contribution in [-0.4, -0.2) is 21.5 Å². The number of aromatic nitrogens is 1. The van der Waals surface area contributed by atoms with E-state index >= 15 is 0 Å². The maximum Gasteiger partial charge on any atom is 0.270 e. The van der Waals surface area contributed by atoms with Gasteiger partial charge in [-0.2, -0.15) is 0 Å². The third kappa shape index (κ3) is 3.62. The number of para-hydroxylation sites is 1. The lowest BCUT2D eigenvalue weighted by Crippen LogP contribution is -2.54. The van der Waals surface area contributed by atoms with E-state index in [1.165, 1.54) is 4.90 Å². The fourth-order valence-electron chi connectivity index (χ4n) is 3.57. The predicted octanol–water partition coefficient (Wildman–Crippen LogP) is 4.69. The van der Waals surface area contributed by atoms with Gasteiger partial charge in [-0.25, -0.2) is 0 Å². The monoisotopic (exact) mass is 479 g/mol. The molecule has 0 bridgehead atoms. The van der Waals surface area contributed by atoms with Gasteiger partial charge in [-0.1, -0.05) is 40.2 Å². The largest absolute Gasteiger partial charge is 0.318 e. The molecule has 0 radical (unpaired) electrons. The molecule has 2 amide bonds. The molecule has 3 aromatic rings. The van der Waals surface area contributed by atoms with Gasteiger partial charge in [0, 0.05) is 21.5 Å². The van der Waals surface area contributed by atoms with Crippen LogP contribution in [0.4, 0.5) is 5.69 Å². The van der Waals surface area contributed by atoms with Gasteiger partial charge in [0.05, 0.1) is 5.69 Å². The second-order valence-electron chi connectivity index (χ2n) is 6.94. The van der Waals surface area contributed by atoms with Crippen molar-refractivity contribution < 1.29 is 9.59 Å². The molecule has 150 valence electrons. The van der Waals surface area contributed by atoms with Crippen LogP contribution in [0.3, 0.4) is 0 Å². The number of benzene rings is 2. The van der Waals surface area contributed by atoms with Gasteiger partial charge in [0.15, 0.2) is 5.11 Å². The lowest BCUT2D eigenvalue weighted by atomic mass is 10.1. The molecule has 7 heteroatoms. The summed E-state index contributed by atoms with van der Waals surface area (Å²) in [7, 11) is 0. The van der Waals surface area contributed by atoms with Crippen LogP contribution in [0, 0.1) is 13.8 Å². The molecule has 30 heavy (non-hydrogen) atoms. The Labute approximate surface area is 188 Å². The van der Waals surface area contributed by atoms with Gasteiger partial charge in [-0.3, -0.25) is 19.8 Å². The standard InChI is InChI=1S/C23H18BrN3O2S/c1-14-11-16(15(2)26(14)18-8-4-3-5-9-18)12-20-21(28)25-23(30)27(22(20)29)19-10-6-7-17(24)13-19/h3-13H,1-2H3,(H,25,28,30)/b20-12-. The molecular formula is C23H18BrN3O2S. The Hall–Kier alpha value is -3.03. The van der Waals surface area contributed by atoms with E-state index in [2.05, 4.69) is 25.8 Å². The Balaban J connectivity index is 1.77. The Morgan fingerprint density at radius 1 is 0.967 bits per heavy atom. The van der Waals surface area contributed by atoms with E-state index in [-0.39, 0.29) is 10.7 Å². The normalized spacial score (nSPS) is 15.6. The Bertz CT molecular complexity index is 1210. The Morgan fingerprint density at radius 2 is 1.67 bits per heavy atom. The van der Waals surface area contributed by atoms with E-state index in [0.29, 0.717) is 5.69 Å². The molecule has 0 spiro atoms. The quantitative estimate of drug-likeness (QED) is 0.336. The molecule has 1 aliphatic rings. The highest BCUT2D eigenvalue weighted by Gasteiger charge is 2.34. The number of amides is 2. The molecule has 0 unspecified atom stereocenters. The van der Waals surface area contributed by atoms with E-state index in [9.17, 15) is 9.59 Å². The minimum absolute atomic E-state index is 0.0388. The molecule has 0 saturated carbocycles. The molecule has 4 rings (SSSR count). The lowest BCUT2D eigenvalue weighted by molar-refractivity contribution is -0.122. The van der Waals surface area contributed by atoms with Crippen molar-refractivity contribution in [3.05, 3.63) is 87.7 Å². The fraction of sp³-hybridized carbons (Fsp3) is 0.0870. The van der Waals surface area contributed by atoms with Crippen LogP contribution in [0.25, 0.3) is 11.8 Å². The third-order valence-corrected chi connectivity index (χ3v) is 5.73. The summed E-state index contributed by atoms with van der Waals surface area (Å²) in [5.74, 6) is -0.952. The van der Waals surface area contributed by atoms with Crippen LogP contribution in [0.1, 0.15) is 17.0 Å². The van der Waals surface area contributed by atoms with Crippen LogP contribution in [-0.2, 0) is 9.59 Å². The minimum Gasteiger partial charge on any atom is -0.318 e. The lowest BCUT2D eigenvalue weighted by Gasteiger charge is -2.29. The van der Waals surface area contributed by atoms with Gasteiger partial charge in [0.2, 0.25) is 0 Å². The van der Waals surface area contributed by atoms with Crippen LogP contribution in [0.5, 0.6) is 0 Å². The molecule has 2 aromatic carbocycles. The highest BCUT2D eigenvalue weighted by Crippen LogP contribution is 2.27. The number of nitrogens with zero attached hydrogens (tertiary/aromatic N) is 2. The number of aryl methyl sites for hydroxylation is 1. The summed E-state index contributed by atoms with van der Waals surface area (Å²) in [4.78, 5) is 27.2. The SMILES string of the molecule is Cc1cc(/C=C2/C(=O)NC(=S)N(c3cccc(Br)c3)C2=O)c(C)n1-c1ccccc1. The Kier molecular flexibility index (Phi) is 5.40. The van der Waals surface area contributed by atoms with Crippen molar-refractivity contribution in [2.45, 2.75) is 13.8 Å². The van der Waals surface area contributed by atoms with E-state index in [4.69, 9.17) is 12.2 Å². The molecule has 0 aliphatic carbocycles. The maximum atomic E-state index is 13.2.